The molecule has 0 aliphatic heterocycles. The van der Waals surface area contributed by atoms with Gasteiger partial charge in [0, 0.05) is 13.6 Å². The summed E-state index contributed by atoms with van der Waals surface area (Å²) in [5, 5.41) is 19.0. The van der Waals surface area contributed by atoms with Crippen molar-refractivity contribution in [2.45, 2.75) is 26.3 Å². The minimum atomic E-state index is -0.639. The quantitative estimate of drug-likeness (QED) is 0.498. The molecule has 1 aromatic rings. The van der Waals surface area contributed by atoms with Crippen LogP contribution in [0, 0.1) is 10.1 Å². The molecule has 1 rings (SSSR count). The summed E-state index contributed by atoms with van der Waals surface area (Å²) in [6, 6.07) is -0.639. The van der Waals surface area contributed by atoms with Gasteiger partial charge in [0.15, 0.2) is 0 Å². The summed E-state index contributed by atoms with van der Waals surface area (Å²) in [5.41, 5.74) is -0.279. The molecule has 0 radical (unpaired) electrons. The predicted molar refractivity (Wildman–Crippen MR) is 74.6 cm³/mol. The highest BCUT2D eigenvalue weighted by molar-refractivity contribution is 5.84. The van der Waals surface area contributed by atoms with Gasteiger partial charge in [-0.15, -0.1) is 0 Å². The van der Waals surface area contributed by atoms with E-state index in [4.69, 9.17) is 0 Å². The second-order valence-electron chi connectivity index (χ2n) is 4.09. The van der Waals surface area contributed by atoms with Gasteiger partial charge >= 0.3 is 5.69 Å². The number of aromatic nitrogens is 2. The monoisotopic (exact) mass is 282 g/mol. The van der Waals surface area contributed by atoms with Crippen molar-refractivity contribution < 1.29 is 9.72 Å². The smallest absolute Gasteiger partial charge is 0.329 e. The van der Waals surface area contributed by atoms with Crippen molar-refractivity contribution in [3.8, 4) is 0 Å². The Labute approximate surface area is 116 Å². The van der Waals surface area contributed by atoms with E-state index < -0.39 is 11.0 Å². The Hall–Kier alpha value is -2.45. The molecule has 1 unspecified atom stereocenters. The third-order valence-corrected chi connectivity index (χ3v) is 2.49. The molecule has 0 aliphatic rings. The predicted octanol–water partition coefficient (Wildman–Crippen LogP) is 0.753. The average molecular weight is 282 g/mol. The molecule has 0 aromatic carbocycles. The van der Waals surface area contributed by atoms with Crippen molar-refractivity contribution >= 4 is 23.4 Å². The molecular formula is C11H18N6O3. The van der Waals surface area contributed by atoms with E-state index >= 15 is 0 Å². The van der Waals surface area contributed by atoms with Crippen LogP contribution in [-0.2, 0) is 4.79 Å². The number of carbonyl (C=O) groups excluding carboxylic acids is 1. The number of rotatable bonds is 7. The summed E-state index contributed by atoms with van der Waals surface area (Å²) in [6.07, 6.45) is 1.91. The Bertz CT molecular complexity index is 493. The molecule has 9 nitrogen and oxygen atoms in total. The molecular weight excluding hydrogens is 264 g/mol. The Morgan fingerprint density at radius 1 is 1.55 bits per heavy atom. The summed E-state index contributed by atoms with van der Waals surface area (Å²) in [4.78, 5) is 29.8. The SMILES string of the molecule is CCCNC(=O)C(C)Nc1nc(NC)ncc1[N+](=O)[O-]. The van der Waals surface area contributed by atoms with Gasteiger partial charge in [0.05, 0.1) is 4.92 Å². The molecule has 1 atom stereocenters. The standard InChI is InChI=1S/C11H18N6O3/c1-4-5-13-10(18)7(2)15-9-8(17(19)20)6-14-11(12-3)16-9/h6-7H,4-5H2,1-3H3,(H,13,18)(H2,12,14,15,16). The maximum atomic E-state index is 11.7. The fourth-order valence-electron chi connectivity index (χ4n) is 1.41. The largest absolute Gasteiger partial charge is 0.357 e. The van der Waals surface area contributed by atoms with E-state index in [9.17, 15) is 14.9 Å². The highest BCUT2D eigenvalue weighted by Crippen LogP contribution is 2.22. The zero-order valence-electron chi connectivity index (χ0n) is 11.6. The van der Waals surface area contributed by atoms with Crippen LogP contribution in [0.15, 0.2) is 6.20 Å². The van der Waals surface area contributed by atoms with Gasteiger partial charge in [0.2, 0.25) is 17.7 Å². The molecule has 20 heavy (non-hydrogen) atoms. The number of amides is 1. The zero-order valence-corrected chi connectivity index (χ0v) is 11.6. The number of hydrogen-bond donors (Lipinski definition) is 3. The van der Waals surface area contributed by atoms with Crippen LogP contribution in [0.1, 0.15) is 20.3 Å². The first-order valence-electron chi connectivity index (χ1n) is 6.23. The molecule has 110 valence electrons. The second-order valence-corrected chi connectivity index (χ2v) is 4.09. The molecule has 9 heteroatoms. The highest BCUT2D eigenvalue weighted by Gasteiger charge is 2.21. The van der Waals surface area contributed by atoms with Crippen LogP contribution in [0.2, 0.25) is 0 Å². The molecule has 0 aliphatic carbocycles. The third-order valence-electron chi connectivity index (χ3n) is 2.49. The van der Waals surface area contributed by atoms with E-state index in [2.05, 4.69) is 25.9 Å². The normalized spacial score (nSPS) is 11.6. The van der Waals surface area contributed by atoms with Crippen molar-refractivity contribution in [3.05, 3.63) is 16.3 Å². The van der Waals surface area contributed by atoms with E-state index in [1.807, 2.05) is 6.92 Å². The fourth-order valence-corrected chi connectivity index (χ4v) is 1.41. The van der Waals surface area contributed by atoms with Gasteiger partial charge in [-0.05, 0) is 13.3 Å². The van der Waals surface area contributed by atoms with Gasteiger partial charge < -0.3 is 16.0 Å². The number of anilines is 2. The zero-order chi connectivity index (χ0) is 15.1. The van der Waals surface area contributed by atoms with Crippen molar-refractivity contribution in [2.75, 3.05) is 24.2 Å². The molecule has 3 N–H and O–H groups in total. The van der Waals surface area contributed by atoms with Gasteiger partial charge in [0.25, 0.3) is 0 Å². The molecule has 0 fully saturated rings. The van der Waals surface area contributed by atoms with Crippen molar-refractivity contribution in [1.29, 1.82) is 0 Å². The molecule has 1 heterocycles. The minimum Gasteiger partial charge on any atom is -0.357 e. The van der Waals surface area contributed by atoms with Crippen molar-refractivity contribution in [3.63, 3.8) is 0 Å². The number of carbonyl (C=O) groups is 1. The summed E-state index contributed by atoms with van der Waals surface area (Å²) in [7, 11) is 1.60. The van der Waals surface area contributed by atoms with E-state index in [1.54, 1.807) is 14.0 Å². The van der Waals surface area contributed by atoms with Gasteiger partial charge in [-0.2, -0.15) is 4.98 Å². The Morgan fingerprint density at radius 2 is 2.25 bits per heavy atom. The van der Waals surface area contributed by atoms with Gasteiger partial charge in [0.1, 0.15) is 12.2 Å². The summed E-state index contributed by atoms with van der Waals surface area (Å²) in [5.74, 6) is -0.00136. The molecule has 1 amide bonds. The number of nitrogens with one attached hydrogen (secondary N) is 3. The lowest BCUT2D eigenvalue weighted by Gasteiger charge is -2.14. The number of nitrogens with zero attached hydrogens (tertiary/aromatic N) is 3. The minimum absolute atomic E-state index is 0.00787. The summed E-state index contributed by atoms with van der Waals surface area (Å²) >= 11 is 0. The van der Waals surface area contributed by atoms with Crippen LogP contribution in [0.4, 0.5) is 17.5 Å². The Kier molecular flexibility index (Phi) is 5.63. The van der Waals surface area contributed by atoms with Crippen LogP contribution in [0.25, 0.3) is 0 Å². The van der Waals surface area contributed by atoms with Crippen LogP contribution in [0.5, 0.6) is 0 Å². The van der Waals surface area contributed by atoms with Gasteiger partial charge in [-0.3, -0.25) is 14.9 Å². The first-order valence-corrected chi connectivity index (χ1v) is 6.23. The lowest BCUT2D eigenvalue weighted by atomic mass is 10.3. The van der Waals surface area contributed by atoms with Crippen LogP contribution < -0.4 is 16.0 Å². The second kappa shape index (κ2) is 7.22. The number of hydrogen-bond acceptors (Lipinski definition) is 7. The average Bonchev–Trinajstić information content (AvgIpc) is 2.44. The summed E-state index contributed by atoms with van der Waals surface area (Å²) in [6.45, 7) is 4.10. The van der Waals surface area contributed by atoms with Gasteiger partial charge in [-0.1, -0.05) is 6.92 Å². The molecule has 0 spiro atoms. The van der Waals surface area contributed by atoms with E-state index in [0.29, 0.717) is 6.54 Å². The molecule has 1 aromatic heterocycles. The number of nitro groups is 1. The van der Waals surface area contributed by atoms with Crippen molar-refractivity contribution in [1.82, 2.24) is 15.3 Å². The maximum Gasteiger partial charge on any atom is 0.329 e. The van der Waals surface area contributed by atoms with Crippen LogP contribution in [0.3, 0.4) is 0 Å². The van der Waals surface area contributed by atoms with E-state index in [1.165, 1.54) is 0 Å². The van der Waals surface area contributed by atoms with E-state index in [-0.39, 0.29) is 23.4 Å². The maximum absolute atomic E-state index is 11.7. The summed E-state index contributed by atoms with van der Waals surface area (Å²) < 4.78 is 0. The van der Waals surface area contributed by atoms with E-state index in [0.717, 1.165) is 12.6 Å². The Morgan fingerprint density at radius 3 is 2.80 bits per heavy atom. The Balaban J connectivity index is 2.89. The highest BCUT2D eigenvalue weighted by atomic mass is 16.6. The van der Waals surface area contributed by atoms with Gasteiger partial charge in [-0.25, -0.2) is 4.98 Å². The first-order chi connectivity index (χ1) is 9.49. The third kappa shape index (κ3) is 4.04. The molecule has 0 bridgehead atoms. The fraction of sp³-hybridized carbons (Fsp3) is 0.545. The first kappa shape index (κ1) is 15.6. The molecule has 0 saturated heterocycles. The van der Waals surface area contributed by atoms with Crippen LogP contribution in [-0.4, -0.2) is 40.4 Å². The topological polar surface area (TPSA) is 122 Å². The lowest BCUT2D eigenvalue weighted by molar-refractivity contribution is -0.384. The van der Waals surface area contributed by atoms with Crippen molar-refractivity contribution in [2.24, 2.45) is 0 Å². The lowest BCUT2D eigenvalue weighted by Crippen LogP contribution is -2.38. The molecule has 0 saturated carbocycles. The van der Waals surface area contributed by atoms with Crippen LogP contribution >= 0.6 is 0 Å².